The number of nitrogens with zero attached hydrogens (tertiary/aromatic N) is 3. The highest BCUT2D eigenvalue weighted by molar-refractivity contribution is 5.74. The second kappa shape index (κ2) is 5.00. The van der Waals surface area contributed by atoms with Crippen molar-refractivity contribution >= 4 is 17.4 Å². The monoisotopic (exact) mass is 270 g/mol. The van der Waals surface area contributed by atoms with Crippen LogP contribution in [-0.2, 0) is 17.8 Å². The lowest BCUT2D eigenvalue weighted by Gasteiger charge is -2.27. The van der Waals surface area contributed by atoms with E-state index < -0.39 is 0 Å². The number of carbonyl (C=O) groups is 1. The fourth-order valence-electron chi connectivity index (χ4n) is 2.60. The Hall–Kier alpha value is -2.30. The Morgan fingerprint density at radius 3 is 2.80 bits per heavy atom. The normalized spacial score (nSPS) is 14.0. The predicted molar refractivity (Wildman–Crippen MR) is 77.9 cm³/mol. The molecule has 5 heteroatoms. The first-order valence-corrected chi connectivity index (χ1v) is 6.77. The smallest absolute Gasteiger partial charge is 0.219 e. The van der Waals surface area contributed by atoms with Gasteiger partial charge in [0.15, 0.2) is 5.82 Å². The fraction of sp³-hybridized carbons (Fsp3) is 0.333. The van der Waals surface area contributed by atoms with Crippen LogP contribution in [0.5, 0.6) is 0 Å². The zero-order valence-corrected chi connectivity index (χ0v) is 11.8. The summed E-state index contributed by atoms with van der Waals surface area (Å²) in [6.07, 6.45) is 0.838. The van der Waals surface area contributed by atoms with Crippen LogP contribution in [-0.4, -0.2) is 34.6 Å². The molecular formula is C15H18N4O. The molecular weight excluding hydrogens is 252 g/mol. The van der Waals surface area contributed by atoms with Gasteiger partial charge < -0.3 is 9.80 Å². The van der Waals surface area contributed by atoms with Crippen molar-refractivity contribution in [1.29, 1.82) is 0 Å². The van der Waals surface area contributed by atoms with Crippen LogP contribution in [0.25, 0.3) is 0 Å². The van der Waals surface area contributed by atoms with Crippen LogP contribution in [0.15, 0.2) is 30.3 Å². The lowest BCUT2D eigenvalue weighted by molar-refractivity contribution is -0.129. The van der Waals surface area contributed by atoms with Crippen molar-refractivity contribution < 1.29 is 4.79 Å². The highest BCUT2D eigenvalue weighted by atomic mass is 16.2. The van der Waals surface area contributed by atoms with Crippen LogP contribution in [0.3, 0.4) is 0 Å². The van der Waals surface area contributed by atoms with Crippen LogP contribution >= 0.6 is 0 Å². The minimum absolute atomic E-state index is 0.116. The van der Waals surface area contributed by atoms with Gasteiger partial charge in [-0.15, -0.1) is 0 Å². The van der Waals surface area contributed by atoms with Gasteiger partial charge >= 0.3 is 0 Å². The lowest BCUT2D eigenvalue weighted by Crippen LogP contribution is -2.34. The van der Waals surface area contributed by atoms with Crippen molar-refractivity contribution in [3.63, 3.8) is 0 Å². The van der Waals surface area contributed by atoms with Gasteiger partial charge in [0.05, 0.1) is 6.54 Å². The summed E-state index contributed by atoms with van der Waals surface area (Å²) in [5.74, 6) is 1.02. The maximum atomic E-state index is 11.6. The van der Waals surface area contributed by atoms with E-state index in [1.54, 1.807) is 6.92 Å². The molecule has 5 nitrogen and oxygen atoms in total. The first-order valence-electron chi connectivity index (χ1n) is 6.77. The molecule has 1 N–H and O–H groups in total. The number of H-pyrrole nitrogens is 1. The Bertz CT molecular complexity index is 620. The summed E-state index contributed by atoms with van der Waals surface area (Å²) in [7, 11) is 2.00. The third kappa shape index (κ3) is 2.15. The number of amides is 1. The van der Waals surface area contributed by atoms with Crippen molar-refractivity contribution in [3.8, 4) is 0 Å². The summed E-state index contributed by atoms with van der Waals surface area (Å²) in [4.78, 5) is 15.5. The van der Waals surface area contributed by atoms with E-state index >= 15 is 0 Å². The minimum atomic E-state index is 0.116. The quantitative estimate of drug-likeness (QED) is 0.909. The Morgan fingerprint density at radius 1 is 1.35 bits per heavy atom. The SMILES string of the molecule is CC(=O)N1CCc2[nH]nc(N(C)c3ccccc3)c2C1. The van der Waals surface area contributed by atoms with E-state index in [4.69, 9.17) is 0 Å². The van der Waals surface area contributed by atoms with E-state index in [9.17, 15) is 4.79 Å². The second-order valence-electron chi connectivity index (χ2n) is 5.09. The maximum absolute atomic E-state index is 11.6. The van der Waals surface area contributed by atoms with E-state index in [1.807, 2.05) is 42.3 Å². The molecule has 0 fully saturated rings. The Labute approximate surface area is 118 Å². The van der Waals surface area contributed by atoms with E-state index in [2.05, 4.69) is 15.1 Å². The molecule has 0 bridgehead atoms. The van der Waals surface area contributed by atoms with Crippen molar-refractivity contribution in [2.45, 2.75) is 19.9 Å². The summed E-state index contributed by atoms with van der Waals surface area (Å²) in [6.45, 7) is 3.01. The van der Waals surface area contributed by atoms with Gasteiger partial charge in [-0.3, -0.25) is 9.89 Å². The van der Waals surface area contributed by atoms with Gasteiger partial charge in [-0.2, -0.15) is 5.10 Å². The highest BCUT2D eigenvalue weighted by Crippen LogP contribution is 2.30. The van der Waals surface area contributed by atoms with Gasteiger partial charge in [0.25, 0.3) is 0 Å². The molecule has 0 saturated heterocycles. The molecule has 1 aliphatic heterocycles. The Balaban J connectivity index is 1.93. The third-order valence-electron chi connectivity index (χ3n) is 3.82. The van der Waals surface area contributed by atoms with Crippen LogP contribution in [0.2, 0.25) is 0 Å². The Morgan fingerprint density at radius 2 is 2.10 bits per heavy atom. The minimum Gasteiger partial charge on any atom is -0.338 e. The van der Waals surface area contributed by atoms with Gasteiger partial charge in [-0.1, -0.05) is 18.2 Å². The van der Waals surface area contributed by atoms with E-state index in [0.29, 0.717) is 6.54 Å². The van der Waals surface area contributed by atoms with E-state index in [0.717, 1.165) is 35.7 Å². The summed E-state index contributed by atoms with van der Waals surface area (Å²) >= 11 is 0. The highest BCUT2D eigenvalue weighted by Gasteiger charge is 2.25. The molecule has 0 aliphatic carbocycles. The number of fused-ring (bicyclic) bond motifs is 1. The molecule has 2 aromatic rings. The fourth-order valence-corrected chi connectivity index (χ4v) is 2.60. The number of hydrogen-bond acceptors (Lipinski definition) is 3. The molecule has 2 heterocycles. The average Bonchev–Trinajstić information content (AvgIpc) is 2.90. The number of hydrogen-bond donors (Lipinski definition) is 1. The van der Waals surface area contributed by atoms with Crippen LogP contribution in [0.1, 0.15) is 18.2 Å². The van der Waals surface area contributed by atoms with Crippen LogP contribution in [0, 0.1) is 0 Å². The Kier molecular flexibility index (Phi) is 3.18. The van der Waals surface area contributed by atoms with Crippen LogP contribution < -0.4 is 4.90 Å². The first-order chi connectivity index (χ1) is 9.66. The topological polar surface area (TPSA) is 52.2 Å². The molecule has 0 atom stereocenters. The standard InChI is InChI=1S/C15H18N4O/c1-11(20)19-9-8-14-13(10-19)15(17-16-14)18(2)12-6-4-3-5-7-12/h3-7H,8-10H2,1-2H3,(H,16,17). The number of aromatic amines is 1. The van der Waals surface area contributed by atoms with Crippen LogP contribution in [0.4, 0.5) is 11.5 Å². The largest absolute Gasteiger partial charge is 0.338 e. The number of carbonyl (C=O) groups excluding carboxylic acids is 1. The van der Waals surface area contributed by atoms with E-state index in [1.165, 1.54) is 0 Å². The number of nitrogens with one attached hydrogen (secondary N) is 1. The molecule has 20 heavy (non-hydrogen) atoms. The molecule has 1 aromatic heterocycles. The van der Waals surface area contributed by atoms with E-state index in [-0.39, 0.29) is 5.91 Å². The van der Waals surface area contributed by atoms with Gasteiger partial charge in [0.2, 0.25) is 5.91 Å². The summed E-state index contributed by atoms with van der Waals surface area (Å²) in [5, 5.41) is 7.54. The number of aromatic nitrogens is 2. The summed E-state index contributed by atoms with van der Waals surface area (Å²) < 4.78 is 0. The zero-order chi connectivity index (χ0) is 14.1. The third-order valence-corrected chi connectivity index (χ3v) is 3.82. The second-order valence-corrected chi connectivity index (χ2v) is 5.09. The first kappa shape index (κ1) is 12.7. The molecule has 0 radical (unpaired) electrons. The summed E-state index contributed by atoms with van der Waals surface area (Å²) in [5.41, 5.74) is 3.35. The molecule has 104 valence electrons. The van der Waals surface area contributed by atoms with Gasteiger partial charge in [0, 0.05) is 43.9 Å². The van der Waals surface area contributed by atoms with Gasteiger partial charge in [0.1, 0.15) is 0 Å². The molecule has 3 rings (SSSR count). The number of anilines is 2. The predicted octanol–water partition coefficient (Wildman–Crippen LogP) is 2.08. The molecule has 1 amide bonds. The molecule has 1 aliphatic rings. The number of rotatable bonds is 2. The molecule has 0 unspecified atom stereocenters. The van der Waals surface area contributed by atoms with Gasteiger partial charge in [-0.25, -0.2) is 0 Å². The molecule has 0 saturated carbocycles. The van der Waals surface area contributed by atoms with Gasteiger partial charge in [-0.05, 0) is 12.1 Å². The molecule has 1 aromatic carbocycles. The maximum Gasteiger partial charge on any atom is 0.219 e. The lowest BCUT2D eigenvalue weighted by atomic mass is 10.1. The van der Waals surface area contributed by atoms with Crippen molar-refractivity contribution in [2.24, 2.45) is 0 Å². The zero-order valence-electron chi connectivity index (χ0n) is 11.8. The van der Waals surface area contributed by atoms with Crippen molar-refractivity contribution in [2.75, 3.05) is 18.5 Å². The van der Waals surface area contributed by atoms with Crippen molar-refractivity contribution in [1.82, 2.24) is 15.1 Å². The number of para-hydroxylation sites is 1. The molecule has 0 spiro atoms. The van der Waals surface area contributed by atoms with Crippen molar-refractivity contribution in [3.05, 3.63) is 41.6 Å². The summed E-state index contributed by atoms with van der Waals surface area (Å²) in [6, 6.07) is 10.1. The average molecular weight is 270 g/mol. The number of benzene rings is 1.